The van der Waals surface area contributed by atoms with E-state index >= 15 is 0 Å². The molecule has 0 saturated heterocycles. The fourth-order valence-electron chi connectivity index (χ4n) is 3.50. The van der Waals surface area contributed by atoms with Gasteiger partial charge in [-0.05, 0) is 37.0 Å². The molecule has 2 atom stereocenters. The molecule has 0 aromatic heterocycles. The number of carbonyl (C=O) groups excluding carboxylic acids is 1. The molecule has 0 radical (unpaired) electrons. The van der Waals surface area contributed by atoms with Crippen LogP contribution in [0.1, 0.15) is 31.2 Å². The molecule has 1 N–H and O–H groups in total. The Hall–Kier alpha value is -1.91. The second-order valence-corrected chi connectivity index (χ2v) is 5.85. The highest BCUT2D eigenvalue weighted by Crippen LogP contribution is 2.36. The zero-order valence-electron chi connectivity index (χ0n) is 11.7. The number of amides is 1. The lowest BCUT2D eigenvalue weighted by molar-refractivity contribution is -0.148. The number of carboxylic acids is 1. The summed E-state index contributed by atoms with van der Waals surface area (Å²) in [6, 6.07) is 4.47. The fraction of sp³-hybridized carbons (Fsp3) is 0.500. The molecule has 3 rings (SSSR count). The van der Waals surface area contributed by atoms with Crippen LogP contribution in [0.4, 0.5) is 10.1 Å². The van der Waals surface area contributed by atoms with Crippen molar-refractivity contribution in [2.45, 2.75) is 32.1 Å². The highest BCUT2D eigenvalue weighted by molar-refractivity contribution is 5.99. The van der Waals surface area contributed by atoms with Gasteiger partial charge in [0.15, 0.2) is 0 Å². The molecule has 112 valence electrons. The Morgan fingerprint density at radius 3 is 2.62 bits per heavy atom. The summed E-state index contributed by atoms with van der Waals surface area (Å²) in [5.41, 5.74) is 1.56. The van der Waals surface area contributed by atoms with E-state index in [4.69, 9.17) is 0 Å². The predicted molar refractivity (Wildman–Crippen MR) is 75.5 cm³/mol. The SMILES string of the molecule is O=C(O)C1CCCCC1C(=O)N1CCc2ccc(F)cc21. The molecule has 1 aromatic carbocycles. The van der Waals surface area contributed by atoms with Crippen LogP contribution in [0.15, 0.2) is 18.2 Å². The first-order valence-corrected chi connectivity index (χ1v) is 7.40. The van der Waals surface area contributed by atoms with Gasteiger partial charge >= 0.3 is 5.97 Å². The fourth-order valence-corrected chi connectivity index (χ4v) is 3.50. The molecule has 4 nitrogen and oxygen atoms in total. The molecule has 2 unspecified atom stereocenters. The average molecular weight is 291 g/mol. The van der Waals surface area contributed by atoms with Gasteiger partial charge in [0.25, 0.3) is 0 Å². The van der Waals surface area contributed by atoms with Crippen molar-refractivity contribution in [3.8, 4) is 0 Å². The summed E-state index contributed by atoms with van der Waals surface area (Å²) >= 11 is 0. The van der Waals surface area contributed by atoms with E-state index in [1.54, 1.807) is 11.0 Å². The second kappa shape index (κ2) is 5.47. The molecule has 1 heterocycles. The number of hydrogen-bond donors (Lipinski definition) is 1. The van der Waals surface area contributed by atoms with Crippen molar-refractivity contribution in [2.24, 2.45) is 11.8 Å². The molecular weight excluding hydrogens is 273 g/mol. The summed E-state index contributed by atoms with van der Waals surface area (Å²) in [6.45, 7) is 0.514. The van der Waals surface area contributed by atoms with E-state index in [2.05, 4.69) is 0 Å². The summed E-state index contributed by atoms with van der Waals surface area (Å²) in [5, 5.41) is 9.31. The van der Waals surface area contributed by atoms with Crippen LogP contribution < -0.4 is 4.90 Å². The second-order valence-electron chi connectivity index (χ2n) is 5.85. The zero-order valence-corrected chi connectivity index (χ0v) is 11.7. The van der Waals surface area contributed by atoms with E-state index < -0.39 is 17.8 Å². The Kier molecular flexibility index (Phi) is 3.66. The van der Waals surface area contributed by atoms with Gasteiger partial charge in [0, 0.05) is 12.2 Å². The number of hydrogen-bond acceptors (Lipinski definition) is 2. The van der Waals surface area contributed by atoms with E-state index in [1.807, 2.05) is 0 Å². The molecule has 1 amide bonds. The molecule has 0 bridgehead atoms. The number of rotatable bonds is 2. The van der Waals surface area contributed by atoms with Crippen LogP contribution in [0.3, 0.4) is 0 Å². The van der Waals surface area contributed by atoms with Crippen molar-refractivity contribution >= 4 is 17.6 Å². The third-order valence-electron chi connectivity index (χ3n) is 4.61. The predicted octanol–water partition coefficient (Wildman–Crippen LogP) is 2.61. The smallest absolute Gasteiger partial charge is 0.307 e. The summed E-state index contributed by atoms with van der Waals surface area (Å²) < 4.78 is 13.4. The van der Waals surface area contributed by atoms with Crippen LogP contribution in [-0.4, -0.2) is 23.5 Å². The van der Waals surface area contributed by atoms with E-state index in [-0.39, 0.29) is 11.7 Å². The van der Waals surface area contributed by atoms with Gasteiger partial charge in [-0.2, -0.15) is 0 Å². The lowest BCUT2D eigenvalue weighted by Gasteiger charge is -2.31. The van der Waals surface area contributed by atoms with Crippen molar-refractivity contribution in [3.05, 3.63) is 29.6 Å². The number of anilines is 1. The van der Waals surface area contributed by atoms with Gasteiger partial charge in [0.05, 0.1) is 11.8 Å². The van der Waals surface area contributed by atoms with E-state index in [0.29, 0.717) is 31.5 Å². The summed E-state index contributed by atoms with van der Waals surface area (Å²) in [4.78, 5) is 25.7. The Morgan fingerprint density at radius 2 is 1.90 bits per heavy atom. The molecule has 1 aliphatic heterocycles. The lowest BCUT2D eigenvalue weighted by Crippen LogP contribution is -2.42. The highest BCUT2D eigenvalue weighted by atomic mass is 19.1. The standard InChI is InChI=1S/C16H18FNO3/c17-11-6-5-10-7-8-18(14(10)9-11)15(19)12-3-1-2-4-13(12)16(20)21/h5-6,9,12-13H,1-4,7-8H2,(H,20,21). The Morgan fingerprint density at radius 1 is 1.19 bits per heavy atom. The molecule has 1 saturated carbocycles. The van der Waals surface area contributed by atoms with Gasteiger partial charge in [-0.25, -0.2) is 4.39 Å². The average Bonchev–Trinajstić information content (AvgIpc) is 2.89. The normalized spacial score (nSPS) is 24.7. The maximum Gasteiger partial charge on any atom is 0.307 e. The highest BCUT2D eigenvalue weighted by Gasteiger charge is 2.39. The van der Waals surface area contributed by atoms with Crippen molar-refractivity contribution in [1.29, 1.82) is 0 Å². The van der Waals surface area contributed by atoms with Crippen molar-refractivity contribution in [2.75, 3.05) is 11.4 Å². The molecular formula is C16H18FNO3. The van der Waals surface area contributed by atoms with Crippen LogP contribution >= 0.6 is 0 Å². The summed E-state index contributed by atoms with van der Waals surface area (Å²) in [6.07, 6.45) is 3.59. The van der Waals surface area contributed by atoms with Gasteiger partial charge < -0.3 is 10.0 Å². The number of benzene rings is 1. The minimum absolute atomic E-state index is 0.161. The summed E-state index contributed by atoms with van der Waals surface area (Å²) in [7, 11) is 0. The maximum atomic E-state index is 13.4. The van der Waals surface area contributed by atoms with Crippen molar-refractivity contribution in [3.63, 3.8) is 0 Å². The monoisotopic (exact) mass is 291 g/mol. The topological polar surface area (TPSA) is 57.6 Å². The number of aliphatic carboxylic acids is 1. The molecule has 1 aromatic rings. The van der Waals surface area contributed by atoms with Crippen LogP contribution in [-0.2, 0) is 16.0 Å². The first kappa shape index (κ1) is 14.0. The van der Waals surface area contributed by atoms with E-state index in [1.165, 1.54) is 12.1 Å². The zero-order chi connectivity index (χ0) is 15.0. The summed E-state index contributed by atoms with van der Waals surface area (Å²) in [5.74, 6) is -2.51. The Balaban J connectivity index is 1.86. The van der Waals surface area contributed by atoms with Crippen molar-refractivity contribution in [1.82, 2.24) is 0 Å². The minimum atomic E-state index is -0.897. The van der Waals surface area contributed by atoms with Crippen LogP contribution in [0.2, 0.25) is 0 Å². The minimum Gasteiger partial charge on any atom is -0.481 e. The maximum absolute atomic E-state index is 13.4. The number of carboxylic acid groups (broad SMARTS) is 1. The number of fused-ring (bicyclic) bond motifs is 1. The third-order valence-corrected chi connectivity index (χ3v) is 4.61. The van der Waals surface area contributed by atoms with E-state index in [9.17, 15) is 19.1 Å². The Bertz CT molecular complexity index is 587. The van der Waals surface area contributed by atoms with Gasteiger partial charge in [0.1, 0.15) is 5.82 Å². The lowest BCUT2D eigenvalue weighted by atomic mass is 9.78. The third kappa shape index (κ3) is 2.52. The Labute approximate surface area is 122 Å². The number of halogens is 1. The van der Waals surface area contributed by atoms with Gasteiger partial charge in [0.2, 0.25) is 5.91 Å². The molecule has 1 aliphatic carbocycles. The van der Waals surface area contributed by atoms with Gasteiger partial charge in [-0.15, -0.1) is 0 Å². The van der Waals surface area contributed by atoms with Gasteiger partial charge in [-0.1, -0.05) is 18.9 Å². The van der Waals surface area contributed by atoms with Crippen LogP contribution in [0.25, 0.3) is 0 Å². The number of carbonyl (C=O) groups is 2. The van der Waals surface area contributed by atoms with Gasteiger partial charge in [-0.3, -0.25) is 9.59 Å². The van der Waals surface area contributed by atoms with Crippen LogP contribution in [0, 0.1) is 17.7 Å². The molecule has 2 aliphatic rings. The first-order chi connectivity index (χ1) is 10.1. The molecule has 1 fully saturated rings. The number of nitrogens with zero attached hydrogens (tertiary/aromatic N) is 1. The van der Waals surface area contributed by atoms with Crippen LogP contribution in [0.5, 0.6) is 0 Å². The molecule has 0 spiro atoms. The molecule has 21 heavy (non-hydrogen) atoms. The molecule has 5 heteroatoms. The first-order valence-electron chi connectivity index (χ1n) is 7.40. The van der Waals surface area contributed by atoms with Crippen molar-refractivity contribution < 1.29 is 19.1 Å². The quantitative estimate of drug-likeness (QED) is 0.911. The van der Waals surface area contributed by atoms with E-state index in [0.717, 1.165) is 18.4 Å². The largest absolute Gasteiger partial charge is 0.481 e.